The van der Waals surface area contributed by atoms with Crippen LogP contribution in [0.25, 0.3) is 0 Å². The summed E-state index contributed by atoms with van der Waals surface area (Å²) in [6.07, 6.45) is 0. The minimum absolute atomic E-state index is 0.146. The number of nitrogens with one attached hydrogen (secondary N) is 2. The number of thiophene rings is 1. The van der Waals surface area contributed by atoms with Crippen LogP contribution >= 0.6 is 22.9 Å². The lowest BCUT2D eigenvalue weighted by atomic mass is 10.2. The smallest absolute Gasteiger partial charge is 0.261 e. The maximum absolute atomic E-state index is 12.6. The van der Waals surface area contributed by atoms with Crippen molar-refractivity contribution in [2.45, 2.75) is 6.92 Å². The Kier molecular flexibility index (Phi) is 6.90. The first kappa shape index (κ1) is 20.9. The number of nitrogens with zero attached hydrogens (tertiary/aromatic N) is 1. The number of amides is 2. The Morgan fingerprint density at radius 3 is 2.45 bits per heavy atom. The Balaban J connectivity index is 1.57. The number of carbonyl (C=O) groups excluding carboxylic acids is 2. The van der Waals surface area contributed by atoms with Gasteiger partial charge in [0.05, 0.1) is 20.5 Å². The molecule has 1 aromatic heterocycles. The van der Waals surface area contributed by atoms with Gasteiger partial charge in [-0.1, -0.05) is 41.9 Å². The fourth-order valence-electron chi connectivity index (χ4n) is 2.82. The van der Waals surface area contributed by atoms with Crippen molar-refractivity contribution in [1.29, 1.82) is 0 Å². The molecule has 5 nitrogen and oxygen atoms in total. The largest absolute Gasteiger partial charge is 0.373 e. The standard InChI is InChI=1S/C22H22ClN3O2S/c1-15-14-19(25-21(27)17-10-6-7-11-18(17)23)29-20(15)22(28)24-12-13-26(2)16-8-4-3-5-9-16/h3-11,14H,12-13H2,1-2H3,(H,24,28)(H,25,27). The Hall–Kier alpha value is -2.83. The van der Waals surface area contributed by atoms with Crippen molar-refractivity contribution in [2.75, 3.05) is 30.4 Å². The van der Waals surface area contributed by atoms with Gasteiger partial charge in [0.2, 0.25) is 0 Å². The summed E-state index contributed by atoms with van der Waals surface area (Å²) >= 11 is 7.32. The fraction of sp³-hybridized carbons (Fsp3) is 0.182. The molecule has 150 valence electrons. The summed E-state index contributed by atoms with van der Waals surface area (Å²) < 4.78 is 0. The lowest BCUT2D eigenvalue weighted by Gasteiger charge is -2.19. The number of hydrogen-bond donors (Lipinski definition) is 2. The summed E-state index contributed by atoms with van der Waals surface area (Å²) in [6.45, 7) is 3.06. The van der Waals surface area contributed by atoms with Crippen LogP contribution in [0.2, 0.25) is 5.02 Å². The van der Waals surface area contributed by atoms with Crippen molar-refractivity contribution in [3.63, 3.8) is 0 Å². The highest BCUT2D eigenvalue weighted by atomic mass is 35.5. The normalized spacial score (nSPS) is 10.4. The van der Waals surface area contributed by atoms with Crippen LogP contribution in [0.15, 0.2) is 60.7 Å². The third kappa shape index (κ3) is 5.37. The number of likely N-dealkylation sites (N-methyl/N-ethyl adjacent to an activating group) is 1. The average Bonchev–Trinajstić information content (AvgIpc) is 3.08. The Bertz CT molecular complexity index is 1000. The second-order valence-corrected chi connectivity index (χ2v) is 8.03. The number of anilines is 2. The molecule has 2 aromatic carbocycles. The average molecular weight is 428 g/mol. The van der Waals surface area contributed by atoms with Gasteiger partial charge < -0.3 is 15.5 Å². The molecule has 29 heavy (non-hydrogen) atoms. The molecule has 0 saturated heterocycles. The number of benzene rings is 2. The highest BCUT2D eigenvalue weighted by Gasteiger charge is 2.16. The third-order valence-corrected chi connectivity index (χ3v) is 5.89. The molecule has 0 saturated carbocycles. The van der Waals surface area contributed by atoms with E-state index < -0.39 is 0 Å². The quantitative estimate of drug-likeness (QED) is 0.567. The summed E-state index contributed by atoms with van der Waals surface area (Å²) in [6, 6.07) is 18.6. The van der Waals surface area contributed by atoms with Gasteiger partial charge in [-0.15, -0.1) is 11.3 Å². The summed E-state index contributed by atoms with van der Waals surface area (Å²) in [7, 11) is 1.99. The number of para-hydroxylation sites is 1. The van der Waals surface area contributed by atoms with Crippen molar-refractivity contribution < 1.29 is 9.59 Å². The van der Waals surface area contributed by atoms with Crippen LogP contribution in [-0.4, -0.2) is 32.0 Å². The number of aryl methyl sites for hydroxylation is 1. The van der Waals surface area contributed by atoms with E-state index in [-0.39, 0.29) is 11.8 Å². The molecule has 7 heteroatoms. The third-order valence-electron chi connectivity index (χ3n) is 4.41. The van der Waals surface area contributed by atoms with Crippen LogP contribution in [0.4, 0.5) is 10.7 Å². The molecular weight excluding hydrogens is 406 g/mol. The van der Waals surface area contributed by atoms with Gasteiger partial charge in [-0.3, -0.25) is 9.59 Å². The number of hydrogen-bond acceptors (Lipinski definition) is 4. The highest BCUT2D eigenvalue weighted by Crippen LogP contribution is 2.27. The summed E-state index contributed by atoms with van der Waals surface area (Å²) in [4.78, 5) is 27.6. The highest BCUT2D eigenvalue weighted by molar-refractivity contribution is 7.18. The predicted molar refractivity (Wildman–Crippen MR) is 121 cm³/mol. The molecule has 0 spiro atoms. The van der Waals surface area contributed by atoms with E-state index in [0.717, 1.165) is 11.3 Å². The zero-order valence-electron chi connectivity index (χ0n) is 16.2. The molecule has 0 atom stereocenters. The summed E-state index contributed by atoms with van der Waals surface area (Å²) in [5, 5.41) is 6.76. The maximum Gasteiger partial charge on any atom is 0.261 e. The number of carbonyl (C=O) groups is 2. The van der Waals surface area contributed by atoms with Gasteiger partial charge in [-0.2, -0.15) is 0 Å². The maximum atomic E-state index is 12.6. The van der Waals surface area contributed by atoms with E-state index in [1.165, 1.54) is 11.3 Å². The summed E-state index contributed by atoms with van der Waals surface area (Å²) in [5.41, 5.74) is 2.31. The van der Waals surface area contributed by atoms with Crippen LogP contribution in [0.1, 0.15) is 25.6 Å². The van der Waals surface area contributed by atoms with Crippen LogP contribution < -0.4 is 15.5 Å². The molecule has 0 aliphatic rings. The van der Waals surface area contributed by atoms with Crippen LogP contribution in [0.3, 0.4) is 0 Å². The lowest BCUT2D eigenvalue weighted by molar-refractivity contribution is 0.0957. The van der Waals surface area contributed by atoms with Gasteiger partial charge in [0.15, 0.2) is 0 Å². The Labute approximate surface area is 179 Å². The molecule has 2 amide bonds. The van der Waals surface area contributed by atoms with Crippen molar-refractivity contribution >= 4 is 45.4 Å². The monoisotopic (exact) mass is 427 g/mol. The molecule has 0 bridgehead atoms. The van der Waals surface area contributed by atoms with Crippen molar-refractivity contribution in [3.05, 3.63) is 81.7 Å². The van der Waals surface area contributed by atoms with E-state index in [1.807, 2.05) is 44.3 Å². The topological polar surface area (TPSA) is 61.4 Å². The zero-order chi connectivity index (χ0) is 20.8. The molecule has 0 aliphatic carbocycles. The van der Waals surface area contributed by atoms with E-state index in [0.29, 0.717) is 33.6 Å². The fourth-order valence-corrected chi connectivity index (χ4v) is 4.03. The molecular formula is C22H22ClN3O2S. The zero-order valence-corrected chi connectivity index (χ0v) is 17.8. The molecule has 1 heterocycles. The van der Waals surface area contributed by atoms with Gasteiger partial charge in [0, 0.05) is 25.8 Å². The molecule has 3 rings (SSSR count). The molecule has 0 fully saturated rings. The van der Waals surface area contributed by atoms with Crippen molar-refractivity contribution in [3.8, 4) is 0 Å². The molecule has 0 radical (unpaired) electrons. The lowest BCUT2D eigenvalue weighted by Crippen LogP contribution is -2.32. The van der Waals surface area contributed by atoms with Crippen LogP contribution in [0, 0.1) is 6.92 Å². The molecule has 0 aliphatic heterocycles. The predicted octanol–water partition coefficient (Wildman–Crippen LogP) is 4.83. The first-order valence-electron chi connectivity index (χ1n) is 9.16. The molecule has 2 N–H and O–H groups in total. The van der Waals surface area contributed by atoms with Gasteiger partial charge in [-0.25, -0.2) is 0 Å². The van der Waals surface area contributed by atoms with E-state index >= 15 is 0 Å². The van der Waals surface area contributed by atoms with Gasteiger partial charge in [-0.05, 0) is 42.8 Å². The Morgan fingerprint density at radius 2 is 1.72 bits per heavy atom. The van der Waals surface area contributed by atoms with Crippen molar-refractivity contribution in [2.24, 2.45) is 0 Å². The second-order valence-electron chi connectivity index (χ2n) is 6.57. The summed E-state index contributed by atoms with van der Waals surface area (Å²) in [5.74, 6) is -0.444. The van der Waals surface area contributed by atoms with Crippen LogP contribution in [-0.2, 0) is 0 Å². The van der Waals surface area contributed by atoms with Gasteiger partial charge in [0.25, 0.3) is 11.8 Å². The molecule has 3 aromatic rings. The van der Waals surface area contributed by atoms with Crippen LogP contribution in [0.5, 0.6) is 0 Å². The van der Waals surface area contributed by atoms with E-state index in [4.69, 9.17) is 11.6 Å². The van der Waals surface area contributed by atoms with Gasteiger partial charge in [0.1, 0.15) is 0 Å². The van der Waals surface area contributed by atoms with E-state index in [2.05, 4.69) is 15.5 Å². The number of rotatable bonds is 7. The first-order valence-corrected chi connectivity index (χ1v) is 10.4. The SMILES string of the molecule is Cc1cc(NC(=O)c2ccccc2Cl)sc1C(=O)NCCN(C)c1ccccc1. The number of halogens is 1. The Morgan fingerprint density at radius 1 is 1.03 bits per heavy atom. The van der Waals surface area contributed by atoms with E-state index in [1.54, 1.807) is 30.3 Å². The second kappa shape index (κ2) is 9.58. The molecule has 0 unspecified atom stereocenters. The van der Waals surface area contributed by atoms with Gasteiger partial charge >= 0.3 is 0 Å². The first-order chi connectivity index (χ1) is 14.0. The minimum atomic E-state index is -0.298. The van der Waals surface area contributed by atoms with E-state index in [9.17, 15) is 9.59 Å². The van der Waals surface area contributed by atoms with Crippen molar-refractivity contribution in [1.82, 2.24) is 5.32 Å². The minimum Gasteiger partial charge on any atom is -0.373 e.